The molecule has 2 aromatic carbocycles. The Bertz CT molecular complexity index is 1100. The fourth-order valence-electron chi connectivity index (χ4n) is 3.43. The van der Waals surface area contributed by atoms with E-state index in [1.54, 1.807) is 25.1 Å². The lowest BCUT2D eigenvalue weighted by molar-refractivity contribution is -0.136. The van der Waals surface area contributed by atoms with Crippen molar-refractivity contribution < 1.29 is 27.4 Å². The van der Waals surface area contributed by atoms with Gasteiger partial charge in [-0.05, 0) is 43.2 Å². The first-order valence-electron chi connectivity index (χ1n) is 9.15. The number of alkyl halides is 3. The van der Waals surface area contributed by atoms with Crippen LogP contribution in [0, 0.1) is 6.92 Å². The van der Waals surface area contributed by atoms with Gasteiger partial charge in [0.05, 0.1) is 36.9 Å². The summed E-state index contributed by atoms with van der Waals surface area (Å²) in [7, 11) is 2.99. The van der Waals surface area contributed by atoms with Gasteiger partial charge in [0.1, 0.15) is 0 Å². The van der Waals surface area contributed by atoms with Gasteiger partial charge in [0.15, 0.2) is 11.5 Å². The molecule has 0 radical (unpaired) electrons. The third-order valence-electron chi connectivity index (χ3n) is 4.89. The molecule has 1 aromatic heterocycles. The largest absolute Gasteiger partial charge is 0.493 e. The molecule has 30 heavy (non-hydrogen) atoms. The van der Waals surface area contributed by atoms with Crippen LogP contribution in [0.5, 0.6) is 11.5 Å². The van der Waals surface area contributed by atoms with E-state index in [1.807, 2.05) is 6.92 Å². The number of pyridine rings is 1. The zero-order valence-corrected chi connectivity index (χ0v) is 16.9. The van der Waals surface area contributed by atoms with Crippen LogP contribution in [0.15, 0.2) is 42.6 Å². The number of nitrogens with zero attached hydrogens (tertiary/aromatic N) is 1. The van der Waals surface area contributed by atoms with Gasteiger partial charge in [-0.15, -0.1) is 0 Å². The number of aromatic nitrogens is 1. The number of amides is 1. The number of nitrogens with one attached hydrogen (secondary N) is 1. The molecule has 1 N–H and O–H groups in total. The molecule has 3 rings (SSSR count). The van der Waals surface area contributed by atoms with E-state index in [0.29, 0.717) is 17.1 Å². The number of ether oxygens (including phenoxy) is 2. The van der Waals surface area contributed by atoms with Crippen LogP contribution in [0.1, 0.15) is 40.0 Å². The summed E-state index contributed by atoms with van der Waals surface area (Å²) >= 11 is 0. The van der Waals surface area contributed by atoms with Crippen molar-refractivity contribution in [2.24, 2.45) is 0 Å². The van der Waals surface area contributed by atoms with Crippen molar-refractivity contribution in [3.8, 4) is 11.5 Å². The number of hydrogen-bond acceptors (Lipinski definition) is 4. The summed E-state index contributed by atoms with van der Waals surface area (Å²) in [6.45, 7) is 3.51. The maximum absolute atomic E-state index is 13.8. The molecular weight excluding hydrogens is 397 g/mol. The Hall–Kier alpha value is -3.29. The maximum atomic E-state index is 13.8. The van der Waals surface area contributed by atoms with Crippen LogP contribution >= 0.6 is 0 Å². The van der Waals surface area contributed by atoms with Gasteiger partial charge in [-0.3, -0.25) is 9.78 Å². The number of hydrogen-bond donors (Lipinski definition) is 1. The minimum Gasteiger partial charge on any atom is -0.493 e. The molecule has 0 aliphatic carbocycles. The van der Waals surface area contributed by atoms with E-state index < -0.39 is 29.3 Å². The number of rotatable bonds is 5. The molecular formula is C22H21F3N2O3. The maximum Gasteiger partial charge on any atom is 0.417 e. The van der Waals surface area contributed by atoms with Crippen LogP contribution in [0.4, 0.5) is 13.2 Å². The van der Waals surface area contributed by atoms with Gasteiger partial charge >= 0.3 is 6.18 Å². The number of aryl methyl sites for hydroxylation is 1. The van der Waals surface area contributed by atoms with Crippen LogP contribution in [0.25, 0.3) is 10.9 Å². The van der Waals surface area contributed by atoms with Crippen molar-refractivity contribution in [3.63, 3.8) is 0 Å². The van der Waals surface area contributed by atoms with Crippen LogP contribution in [0.2, 0.25) is 0 Å². The van der Waals surface area contributed by atoms with Crippen molar-refractivity contribution >= 4 is 16.8 Å². The average Bonchev–Trinajstić information content (AvgIpc) is 2.71. The summed E-state index contributed by atoms with van der Waals surface area (Å²) in [5.74, 6) is 0.125. The number of carbonyl (C=O) groups is 1. The van der Waals surface area contributed by atoms with E-state index in [-0.39, 0.29) is 10.9 Å². The van der Waals surface area contributed by atoms with Gasteiger partial charge < -0.3 is 14.8 Å². The minimum atomic E-state index is -4.71. The topological polar surface area (TPSA) is 60.5 Å². The zero-order valence-electron chi connectivity index (χ0n) is 16.9. The molecule has 0 aliphatic rings. The second-order valence-corrected chi connectivity index (χ2v) is 6.82. The van der Waals surface area contributed by atoms with Crippen molar-refractivity contribution in [3.05, 3.63) is 64.8 Å². The summed E-state index contributed by atoms with van der Waals surface area (Å²) in [6, 6.07) is 8.72. The summed E-state index contributed by atoms with van der Waals surface area (Å²) < 4.78 is 52.0. The number of halogens is 3. The molecule has 1 heterocycles. The predicted molar refractivity (Wildman–Crippen MR) is 107 cm³/mol. The third-order valence-corrected chi connectivity index (χ3v) is 4.89. The van der Waals surface area contributed by atoms with Crippen LogP contribution in [-0.2, 0) is 6.18 Å². The normalized spacial score (nSPS) is 12.5. The number of methoxy groups -OCH3 is 2. The number of para-hydroxylation sites is 1. The first-order valence-corrected chi connectivity index (χ1v) is 9.15. The Balaban J connectivity index is 2.00. The number of benzene rings is 2. The van der Waals surface area contributed by atoms with E-state index in [2.05, 4.69) is 10.3 Å². The van der Waals surface area contributed by atoms with Crippen molar-refractivity contribution in [1.82, 2.24) is 10.3 Å². The van der Waals surface area contributed by atoms with E-state index in [0.717, 1.165) is 11.8 Å². The smallest absolute Gasteiger partial charge is 0.417 e. The quantitative estimate of drug-likeness (QED) is 0.629. The number of fused-ring (bicyclic) bond motifs is 1. The lowest BCUT2D eigenvalue weighted by Gasteiger charge is -2.21. The van der Waals surface area contributed by atoms with Crippen molar-refractivity contribution in [1.29, 1.82) is 0 Å². The van der Waals surface area contributed by atoms with Crippen LogP contribution in [-0.4, -0.2) is 25.1 Å². The Morgan fingerprint density at radius 1 is 1.10 bits per heavy atom. The summed E-state index contributed by atoms with van der Waals surface area (Å²) in [5.41, 5.74) is 0.148. The highest BCUT2D eigenvalue weighted by molar-refractivity contribution is 6.00. The van der Waals surface area contributed by atoms with Gasteiger partial charge in [0.2, 0.25) is 0 Å². The molecule has 5 nitrogen and oxygen atoms in total. The zero-order chi connectivity index (χ0) is 22.1. The Morgan fingerprint density at radius 3 is 2.37 bits per heavy atom. The van der Waals surface area contributed by atoms with Gasteiger partial charge in [-0.2, -0.15) is 13.2 Å². The summed E-state index contributed by atoms with van der Waals surface area (Å²) in [4.78, 5) is 16.8. The third kappa shape index (κ3) is 4.03. The van der Waals surface area contributed by atoms with Crippen LogP contribution in [0.3, 0.4) is 0 Å². The van der Waals surface area contributed by atoms with E-state index in [1.165, 1.54) is 32.4 Å². The fourth-order valence-corrected chi connectivity index (χ4v) is 3.43. The second kappa shape index (κ2) is 8.22. The molecule has 1 unspecified atom stereocenters. The predicted octanol–water partition coefficient (Wildman–Crippen LogP) is 5.07. The van der Waals surface area contributed by atoms with E-state index >= 15 is 0 Å². The first-order chi connectivity index (χ1) is 14.2. The monoisotopic (exact) mass is 418 g/mol. The molecule has 158 valence electrons. The van der Waals surface area contributed by atoms with E-state index in [9.17, 15) is 18.0 Å². The van der Waals surface area contributed by atoms with Gasteiger partial charge in [-0.25, -0.2) is 0 Å². The lowest BCUT2D eigenvalue weighted by Crippen LogP contribution is -2.29. The molecule has 0 saturated heterocycles. The van der Waals surface area contributed by atoms with Crippen molar-refractivity contribution in [2.75, 3.05) is 14.2 Å². The summed E-state index contributed by atoms with van der Waals surface area (Å²) in [6.07, 6.45) is -3.74. The lowest BCUT2D eigenvalue weighted by atomic mass is 9.99. The molecule has 1 atom stereocenters. The Morgan fingerprint density at radius 2 is 1.73 bits per heavy atom. The molecule has 1 amide bonds. The molecule has 0 aliphatic heterocycles. The SMILES string of the molecule is COc1cc(C)c(C(C)NC(=O)c2cnc3ccccc3c2C(F)(F)F)cc1OC. The molecule has 0 fully saturated rings. The summed E-state index contributed by atoms with van der Waals surface area (Å²) in [5, 5.41) is 2.53. The van der Waals surface area contributed by atoms with Gasteiger partial charge in [-0.1, -0.05) is 18.2 Å². The van der Waals surface area contributed by atoms with Crippen molar-refractivity contribution in [2.45, 2.75) is 26.1 Å². The highest BCUT2D eigenvalue weighted by atomic mass is 19.4. The standard InChI is InChI=1S/C22H21F3N2O3/c1-12-9-18(29-3)19(30-4)10-15(12)13(2)27-21(28)16-11-26-17-8-6-5-7-14(17)20(16)22(23,24)25/h5-11,13H,1-4H3,(H,27,28). The minimum absolute atomic E-state index is 0.118. The fraction of sp³-hybridized carbons (Fsp3) is 0.273. The number of carbonyl (C=O) groups excluding carboxylic acids is 1. The molecule has 0 saturated carbocycles. The van der Waals surface area contributed by atoms with Crippen LogP contribution < -0.4 is 14.8 Å². The Labute approximate surface area is 171 Å². The molecule has 0 spiro atoms. The molecule has 3 aromatic rings. The van der Waals surface area contributed by atoms with Gasteiger partial charge in [0.25, 0.3) is 5.91 Å². The molecule has 8 heteroatoms. The van der Waals surface area contributed by atoms with Gasteiger partial charge in [0, 0.05) is 11.6 Å². The van der Waals surface area contributed by atoms with E-state index in [4.69, 9.17) is 9.47 Å². The first kappa shape index (κ1) is 21.4. The highest BCUT2D eigenvalue weighted by Gasteiger charge is 2.38. The highest BCUT2D eigenvalue weighted by Crippen LogP contribution is 2.37. The second-order valence-electron chi connectivity index (χ2n) is 6.82. The average molecular weight is 418 g/mol. The molecule has 0 bridgehead atoms. The Kier molecular flexibility index (Phi) is 5.87.